The molecule has 2 aliphatic heterocycles. The molecule has 0 radical (unpaired) electrons. The Morgan fingerprint density at radius 1 is 1.19 bits per heavy atom. The van der Waals surface area contributed by atoms with Crippen LogP contribution < -0.4 is 14.8 Å². The van der Waals surface area contributed by atoms with Gasteiger partial charge in [-0.3, -0.25) is 0 Å². The summed E-state index contributed by atoms with van der Waals surface area (Å²) in [5.74, 6) is 2.46. The third-order valence-electron chi connectivity index (χ3n) is 4.92. The van der Waals surface area contributed by atoms with Crippen LogP contribution in [0.1, 0.15) is 22.7 Å². The normalized spacial score (nSPS) is 17.5. The van der Waals surface area contributed by atoms with Gasteiger partial charge in [-0.15, -0.1) is 0 Å². The summed E-state index contributed by atoms with van der Waals surface area (Å²) < 4.78 is 13.3. The first kappa shape index (κ1) is 15.0. The number of nitrogens with one attached hydrogen (secondary N) is 1. The fourth-order valence-corrected chi connectivity index (χ4v) is 3.65. The van der Waals surface area contributed by atoms with Crippen molar-refractivity contribution in [3.63, 3.8) is 0 Å². The van der Waals surface area contributed by atoms with Crippen LogP contribution in [-0.4, -0.2) is 28.5 Å². The Labute approximate surface area is 151 Å². The summed E-state index contributed by atoms with van der Waals surface area (Å²) in [4.78, 5) is 4.39. The molecule has 0 spiro atoms. The molecular weight excluding hydrogens is 328 g/mol. The molecule has 3 heterocycles. The van der Waals surface area contributed by atoms with Gasteiger partial charge >= 0.3 is 0 Å². The third-order valence-corrected chi connectivity index (χ3v) is 4.92. The minimum atomic E-state index is -0.0664. The highest BCUT2D eigenvalue weighted by Gasteiger charge is 2.34. The van der Waals surface area contributed by atoms with Gasteiger partial charge in [0.1, 0.15) is 30.5 Å². The molecule has 2 aliphatic rings. The average Bonchev–Trinajstić information content (AvgIpc) is 3.14. The van der Waals surface area contributed by atoms with Crippen molar-refractivity contribution < 1.29 is 9.47 Å². The quantitative estimate of drug-likeness (QED) is 0.770. The Kier molecular flexibility index (Phi) is 3.25. The zero-order valence-electron chi connectivity index (χ0n) is 14.6. The summed E-state index contributed by atoms with van der Waals surface area (Å²) in [6.07, 6.45) is 1.58. The van der Waals surface area contributed by atoms with Crippen molar-refractivity contribution in [1.29, 1.82) is 0 Å². The minimum Gasteiger partial charge on any atom is -0.497 e. The number of ether oxygens (including phenoxy) is 2. The molecule has 5 rings (SSSR count). The molecule has 1 atom stereocenters. The predicted molar refractivity (Wildman–Crippen MR) is 98.4 cm³/mol. The van der Waals surface area contributed by atoms with E-state index in [-0.39, 0.29) is 6.04 Å². The van der Waals surface area contributed by atoms with Crippen molar-refractivity contribution >= 4 is 11.6 Å². The maximum atomic E-state index is 6.05. The smallest absolute Gasteiger partial charge is 0.226 e. The fraction of sp³-hybridized carbons (Fsp3) is 0.200. The Bertz CT molecular complexity index is 1020. The van der Waals surface area contributed by atoms with E-state index in [9.17, 15) is 0 Å². The van der Waals surface area contributed by atoms with Gasteiger partial charge < -0.3 is 14.8 Å². The van der Waals surface area contributed by atoms with Crippen molar-refractivity contribution in [3.05, 3.63) is 71.1 Å². The lowest BCUT2D eigenvalue weighted by atomic mass is 9.91. The Hall–Kier alpha value is -3.28. The number of benzene rings is 2. The van der Waals surface area contributed by atoms with E-state index in [4.69, 9.17) is 9.47 Å². The van der Waals surface area contributed by atoms with Crippen molar-refractivity contribution in [1.82, 2.24) is 14.8 Å². The van der Waals surface area contributed by atoms with Gasteiger partial charge in [0.15, 0.2) is 0 Å². The second-order valence-corrected chi connectivity index (χ2v) is 6.52. The van der Waals surface area contributed by atoms with E-state index in [1.807, 2.05) is 22.9 Å². The molecule has 1 aromatic heterocycles. The van der Waals surface area contributed by atoms with E-state index in [2.05, 4.69) is 46.6 Å². The van der Waals surface area contributed by atoms with Gasteiger partial charge in [-0.25, -0.2) is 4.68 Å². The van der Waals surface area contributed by atoms with E-state index < -0.39 is 0 Å². The first-order valence-electron chi connectivity index (χ1n) is 8.52. The molecule has 26 heavy (non-hydrogen) atoms. The Balaban J connectivity index is 1.70. The SMILES string of the molecule is COc1ccc([C@@H]2C3=C(Nc4ncnn42)c2cc(C)ccc2OC3)cc1. The molecule has 130 valence electrons. The molecule has 0 unspecified atom stereocenters. The number of nitrogens with zero attached hydrogens (tertiary/aromatic N) is 3. The summed E-state index contributed by atoms with van der Waals surface area (Å²) in [5, 5.41) is 7.89. The fourth-order valence-electron chi connectivity index (χ4n) is 3.65. The van der Waals surface area contributed by atoms with Crippen LogP contribution in [0.15, 0.2) is 54.4 Å². The molecule has 3 aromatic rings. The molecule has 6 heteroatoms. The number of methoxy groups -OCH3 is 1. The Morgan fingerprint density at radius 3 is 2.85 bits per heavy atom. The maximum absolute atomic E-state index is 6.05. The Morgan fingerprint density at radius 2 is 2.04 bits per heavy atom. The van der Waals surface area contributed by atoms with E-state index in [0.29, 0.717) is 6.61 Å². The van der Waals surface area contributed by atoms with Crippen molar-refractivity contribution in [2.45, 2.75) is 13.0 Å². The van der Waals surface area contributed by atoms with Crippen LogP contribution >= 0.6 is 0 Å². The zero-order valence-corrected chi connectivity index (χ0v) is 14.6. The minimum absolute atomic E-state index is 0.0664. The second-order valence-electron chi connectivity index (χ2n) is 6.52. The molecule has 0 saturated carbocycles. The van der Waals surface area contributed by atoms with Crippen molar-refractivity contribution in [2.24, 2.45) is 0 Å². The van der Waals surface area contributed by atoms with Gasteiger partial charge in [-0.05, 0) is 36.8 Å². The molecule has 0 saturated heterocycles. The van der Waals surface area contributed by atoms with Gasteiger partial charge in [0.2, 0.25) is 5.95 Å². The summed E-state index contributed by atoms with van der Waals surface area (Å²) in [6, 6.07) is 14.2. The lowest BCUT2D eigenvalue weighted by molar-refractivity contribution is 0.328. The van der Waals surface area contributed by atoms with Gasteiger partial charge in [0.05, 0.1) is 12.8 Å². The summed E-state index contributed by atoms with van der Waals surface area (Å²) in [7, 11) is 1.67. The second kappa shape index (κ2) is 5.62. The van der Waals surface area contributed by atoms with Crippen LogP contribution in [-0.2, 0) is 0 Å². The lowest BCUT2D eigenvalue weighted by Crippen LogP contribution is -2.30. The zero-order chi connectivity index (χ0) is 17.7. The van der Waals surface area contributed by atoms with Gasteiger partial charge in [0, 0.05) is 11.1 Å². The highest BCUT2D eigenvalue weighted by atomic mass is 16.5. The summed E-state index contributed by atoms with van der Waals surface area (Å²) in [5.41, 5.74) is 5.59. The number of aryl methyl sites for hydroxylation is 1. The van der Waals surface area contributed by atoms with E-state index in [0.717, 1.165) is 39.8 Å². The number of hydrogen-bond acceptors (Lipinski definition) is 5. The van der Waals surface area contributed by atoms with E-state index in [1.165, 1.54) is 5.56 Å². The molecule has 0 fully saturated rings. The molecule has 0 aliphatic carbocycles. The van der Waals surface area contributed by atoms with Gasteiger partial charge in [-0.2, -0.15) is 10.1 Å². The standard InChI is InChI=1S/C20H18N4O2/c1-12-3-8-17-15(9-12)18-16(10-26-17)19(24-20(23-18)21-11-22-24)13-4-6-14(25-2)7-5-13/h3-9,11,19H,10H2,1-2H3,(H,21,22,23)/t19-/m1/s1. The highest BCUT2D eigenvalue weighted by Crippen LogP contribution is 2.43. The maximum Gasteiger partial charge on any atom is 0.226 e. The van der Waals surface area contributed by atoms with Crippen LogP contribution in [0.3, 0.4) is 0 Å². The molecule has 1 N–H and O–H groups in total. The highest BCUT2D eigenvalue weighted by molar-refractivity contribution is 5.84. The van der Waals surface area contributed by atoms with Gasteiger partial charge in [-0.1, -0.05) is 23.8 Å². The largest absolute Gasteiger partial charge is 0.497 e. The number of anilines is 1. The number of aromatic nitrogens is 3. The molecule has 0 bridgehead atoms. The first-order chi connectivity index (χ1) is 12.7. The van der Waals surface area contributed by atoms with E-state index in [1.54, 1.807) is 13.4 Å². The third kappa shape index (κ3) is 2.19. The lowest BCUT2D eigenvalue weighted by Gasteiger charge is -2.34. The van der Waals surface area contributed by atoms with Crippen LogP contribution in [0.4, 0.5) is 5.95 Å². The average molecular weight is 346 g/mol. The number of rotatable bonds is 2. The summed E-state index contributed by atoms with van der Waals surface area (Å²) in [6.45, 7) is 2.59. The van der Waals surface area contributed by atoms with Crippen molar-refractivity contribution in [3.8, 4) is 11.5 Å². The van der Waals surface area contributed by atoms with Crippen LogP contribution in [0.25, 0.3) is 5.70 Å². The monoisotopic (exact) mass is 346 g/mol. The molecular formula is C20H18N4O2. The van der Waals surface area contributed by atoms with Crippen molar-refractivity contribution in [2.75, 3.05) is 19.0 Å². The van der Waals surface area contributed by atoms with Crippen LogP contribution in [0, 0.1) is 6.92 Å². The molecule has 6 nitrogen and oxygen atoms in total. The van der Waals surface area contributed by atoms with E-state index >= 15 is 0 Å². The molecule has 0 amide bonds. The summed E-state index contributed by atoms with van der Waals surface area (Å²) >= 11 is 0. The first-order valence-corrected chi connectivity index (χ1v) is 8.52. The topological polar surface area (TPSA) is 61.2 Å². The van der Waals surface area contributed by atoms with Crippen LogP contribution in [0.2, 0.25) is 0 Å². The molecule has 2 aromatic carbocycles. The van der Waals surface area contributed by atoms with Gasteiger partial charge in [0.25, 0.3) is 0 Å². The number of fused-ring (bicyclic) bond motifs is 3. The number of hydrogen-bond donors (Lipinski definition) is 1. The predicted octanol–water partition coefficient (Wildman–Crippen LogP) is 3.41. The van der Waals surface area contributed by atoms with Crippen LogP contribution in [0.5, 0.6) is 11.5 Å².